The van der Waals surface area contributed by atoms with Crippen molar-refractivity contribution < 1.29 is 14.6 Å². The van der Waals surface area contributed by atoms with Crippen LogP contribution in [-0.2, 0) is 4.74 Å². The molecule has 2 N–H and O–H groups in total. The Balaban J connectivity index is 2.56. The highest BCUT2D eigenvalue weighted by atomic mass is 16.6. The molecule has 1 heterocycles. The van der Waals surface area contributed by atoms with Gasteiger partial charge >= 0.3 is 6.09 Å². The van der Waals surface area contributed by atoms with Crippen LogP contribution in [-0.4, -0.2) is 77.9 Å². The summed E-state index contributed by atoms with van der Waals surface area (Å²) in [6.07, 6.45) is 0.174. The maximum absolute atomic E-state index is 12.1. The molecule has 0 bridgehead atoms. The number of amides is 1. The Morgan fingerprint density at radius 1 is 1.43 bits per heavy atom. The molecular formula is C16H32N4O3. The number of hydrogen-bond donors (Lipinski definition) is 2. The van der Waals surface area contributed by atoms with Gasteiger partial charge in [0.15, 0.2) is 5.96 Å². The number of guanidine groups is 1. The zero-order valence-electron chi connectivity index (χ0n) is 15.1. The van der Waals surface area contributed by atoms with Gasteiger partial charge in [-0.3, -0.25) is 4.99 Å². The number of aliphatic hydroxyl groups excluding tert-OH is 1. The number of aliphatic imine (C=N–C) groups is 1. The molecule has 1 rings (SSSR count). The minimum absolute atomic E-state index is 0.284. The van der Waals surface area contributed by atoms with Gasteiger partial charge in [-0.1, -0.05) is 0 Å². The molecule has 1 fully saturated rings. The van der Waals surface area contributed by atoms with E-state index in [0.717, 1.165) is 25.5 Å². The lowest BCUT2D eigenvalue weighted by Crippen LogP contribution is -2.42. The second-order valence-electron chi connectivity index (χ2n) is 6.68. The van der Waals surface area contributed by atoms with Crippen molar-refractivity contribution in [2.45, 2.75) is 52.7 Å². The molecule has 1 aliphatic heterocycles. The van der Waals surface area contributed by atoms with Crippen LogP contribution in [0.1, 0.15) is 41.0 Å². The van der Waals surface area contributed by atoms with Gasteiger partial charge in [0.05, 0.1) is 12.6 Å². The molecule has 0 aliphatic carbocycles. The number of aliphatic hydroxyl groups is 1. The van der Waals surface area contributed by atoms with E-state index in [1.165, 1.54) is 0 Å². The van der Waals surface area contributed by atoms with Gasteiger partial charge in [0.1, 0.15) is 5.60 Å². The second-order valence-corrected chi connectivity index (χ2v) is 6.68. The first-order chi connectivity index (χ1) is 10.8. The van der Waals surface area contributed by atoms with Crippen molar-refractivity contribution in [2.24, 2.45) is 4.99 Å². The number of likely N-dealkylation sites (tertiary alicyclic amines) is 1. The zero-order chi connectivity index (χ0) is 17.5. The fourth-order valence-electron chi connectivity index (χ4n) is 2.34. The van der Waals surface area contributed by atoms with E-state index in [9.17, 15) is 9.90 Å². The summed E-state index contributed by atoms with van der Waals surface area (Å²) in [5, 5.41) is 12.9. The summed E-state index contributed by atoms with van der Waals surface area (Å²) >= 11 is 0. The summed E-state index contributed by atoms with van der Waals surface area (Å²) in [4.78, 5) is 20.4. The Hall–Kier alpha value is -1.50. The minimum Gasteiger partial charge on any atom is -0.444 e. The first-order valence-corrected chi connectivity index (χ1v) is 8.46. The Bertz CT molecular complexity index is 407. The third-order valence-electron chi connectivity index (χ3n) is 3.46. The van der Waals surface area contributed by atoms with E-state index in [0.29, 0.717) is 26.2 Å². The largest absolute Gasteiger partial charge is 0.444 e. The lowest BCUT2D eigenvalue weighted by Gasteiger charge is -2.26. The normalized spacial score (nSPS) is 19.0. The van der Waals surface area contributed by atoms with Gasteiger partial charge in [0.2, 0.25) is 0 Å². The molecule has 0 aromatic rings. The average Bonchev–Trinajstić information content (AvgIpc) is 2.86. The van der Waals surface area contributed by atoms with E-state index in [1.807, 2.05) is 34.6 Å². The van der Waals surface area contributed by atoms with Crippen LogP contribution < -0.4 is 5.32 Å². The van der Waals surface area contributed by atoms with Crippen LogP contribution in [0.15, 0.2) is 4.99 Å². The quantitative estimate of drug-likeness (QED) is 0.587. The van der Waals surface area contributed by atoms with Crippen molar-refractivity contribution in [1.82, 2.24) is 15.1 Å². The molecule has 0 radical (unpaired) electrons. The molecule has 1 atom stereocenters. The van der Waals surface area contributed by atoms with Gasteiger partial charge in [-0.15, -0.1) is 0 Å². The standard InChI is InChI=1S/C16H32N4O3/c1-6-17-14(20-10-8-13(21)12-20)18-9-11-19(7-2)15(22)23-16(3,4)5/h13,21H,6-12H2,1-5H3,(H,17,18)/t13-/m1/s1. The first-order valence-electron chi connectivity index (χ1n) is 8.46. The predicted molar refractivity (Wildman–Crippen MR) is 91.7 cm³/mol. The highest BCUT2D eigenvalue weighted by molar-refractivity contribution is 5.80. The summed E-state index contributed by atoms with van der Waals surface area (Å²) < 4.78 is 5.39. The van der Waals surface area contributed by atoms with Crippen molar-refractivity contribution in [3.8, 4) is 0 Å². The first kappa shape index (κ1) is 19.5. The molecule has 0 spiro atoms. The SMILES string of the molecule is CCNC(=NCCN(CC)C(=O)OC(C)(C)C)N1CC[C@@H](O)C1. The fraction of sp³-hybridized carbons (Fsp3) is 0.875. The van der Waals surface area contributed by atoms with Crippen molar-refractivity contribution in [1.29, 1.82) is 0 Å². The van der Waals surface area contributed by atoms with Crippen LogP contribution in [0.25, 0.3) is 0 Å². The van der Waals surface area contributed by atoms with E-state index in [4.69, 9.17) is 4.74 Å². The van der Waals surface area contributed by atoms with E-state index in [2.05, 4.69) is 15.2 Å². The number of nitrogens with one attached hydrogen (secondary N) is 1. The summed E-state index contributed by atoms with van der Waals surface area (Å²) in [7, 11) is 0. The number of hydrogen-bond acceptors (Lipinski definition) is 4. The number of likely N-dealkylation sites (N-methyl/N-ethyl adjacent to an activating group) is 1. The third kappa shape index (κ3) is 7.07. The van der Waals surface area contributed by atoms with Crippen LogP contribution in [0.5, 0.6) is 0 Å². The number of ether oxygens (including phenoxy) is 1. The van der Waals surface area contributed by atoms with Crippen molar-refractivity contribution in [3.05, 3.63) is 0 Å². The molecule has 23 heavy (non-hydrogen) atoms. The number of carbonyl (C=O) groups excluding carboxylic acids is 1. The second kappa shape index (κ2) is 8.96. The van der Waals surface area contributed by atoms with E-state index in [1.54, 1.807) is 4.90 Å². The lowest BCUT2D eigenvalue weighted by atomic mass is 10.2. The Morgan fingerprint density at radius 3 is 2.61 bits per heavy atom. The Labute approximate surface area is 139 Å². The van der Waals surface area contributed by atoms with E-state index >= 15 is 0 Å². The third-order valence-corrected chi connectivity index (χ3v) is 3.46. The maximum Gasteiger partial charge on any atom is 0.410 e. The predicted octanol–water partition coefficient (Wildman–Crippen LogP) is 1.28. The van der Waals surface area contributed by atoms with E-state index < -0.39 is 5.60 Å². The van der Waals surface area contributed by atoms with E-state index in [-0.39, 0.29) is 12.2 Å². The molecule has 0 unspecified atom stereocenters. The summed E-state index contributed by atoms with van der Waals surface area (Å²) in [6.45, 7) is 13.3. The minimum atomic E-state index is -0.492. The number of β-amino-alcohol motifs (C(OH)–C–C–N with tert-alkyl or cyclic N) is 1. The van der Waals surface area contributed by atoms with Crippen LogP contribution in [0, 0.1) is 0 Å². The van der Waals surface area contributed by atoms with Crippen LogP contribution in [0.2, 0.25) is 0 Å². The average molecular weight is 328 g/mol. The van der Waals surface area contributed by atoms with Gasteiger partial charge in [-0.2, -0.15) is 0 Å². The van der Waals surface area contributed by atoms with Crippen LogP contribution in [0.3, 0.4) is 0 Å². The monoisotopic (exact) mass is 328 g/mol. The number of carbonyl (C=O) groups is 1. The molecule has 0 aromatic carbocycles. The van der Waals surface area contributed by atoms with Gasteiger partial charge in [-0.05, 0) is 41.0 Å². The highest BCUT2D eigenvalue weighted by Crippen LogP contribution is 2.10. The summed E-state index contributed by atoms with van der Waals surface area (Å²) in [6, 6.07) is 0. The number of nitrogens with zero attached hydrogens (tertiary/aromatic N) is 3. The van der Waals surface area contributed by atoms with Crippen molar-refractivity contribution in [2.75, 3.05) is 39.3 Å². The topological polar surface area (TPSA) is 77.4 Å². The van der Waals surface area contributed by atoms with Crippen molar-refractivity contribution >= 4 is 12.1 Å². The highest BCUT2D eigenvalue weighted by Gasteiger charge is 2.23. The Morgan fingerprint density at radius 2 is 2.13 bits per heavy atom. The molecular weight excluding hydrogens is 296 g/mol. The number of rotatable bonds is 5. The summed E-state index contributed by atoms with van der Waals surface area (Å²) in [5.41, 5.74) is -0.492. The molecule has 0 saturated carbocycles. The molecule has 7 heteroatoms. The summed E-state index contributed by atoms with van der Waals surface area (Å²) in [5.74, 6) is 0.796. The van der Waals surface area contributed by atoms with Gasteiger partial charge in [-0.25, -0.2) is 4.79 Å². The molecule has 1 saturated heterocycles. The zero-order valence-corrected chi connectivity index (χ0v) is 15.1. The van der Waals surface area contributed by atoms with Crippen LogP contribution in [0.4, 0.5) is 4.79 Å². The maximum atomic E-state index is 12.1. The fourth-order valence-corrected chi connectivity index (χ4v) is 2.34. The molecule has 7 nitrogen and oxygen atoms in total. The van der Waals surface area contributed by atoms with Gasteiger partial charge < -0.3 is 25.0 Å². The van der Waals surface area contributed by atoms with Gasteiger partial charge in [0.25, 0.3) is 0 Å². The molecule has 1 amide bonds. The smallest absolute Gasteiger partial charge is 0.410 e. The molecule has 1 aliphatic rings. The van der Waals surface area contributed by atoms with Crippen LogP contribution >= 0.6 is 0 Å². The van der Waals surface area contributed by atoms with Gasteiger partial charge in [0, 0.05) is 32.7 Å². The Kier molecular flexibility index (Phi) is 7.61. The molecule has 0 aromatic heterocycles. The lowest BCUT2D eigenvalue weighted by molar-refractivity contribution is 0.0266. The molecule has 134 valence electrons. The van der Waals surface area contributed by atoms with Crippen molar-refractivity contribution in [3.63, 3.8) is 0 Å².